The predicted molar refractivity (Wildman–Crippen MR) is 168 cm³/mol. The largest absolute Gasteiger partial charge is 0.381 e. The smallest absolute Gasteiger partial charge is 0.251 e. The van der Waals surface area contributed by atoms with E-state index in [1.165, 1.54) is 10.4 Å². The number of hydrogen-bond donors (Lipinski definition) is 2. The highest BCUT2D eigenvalue weighted by atomic mass is 32.2. The highest BCUT2D eigenvalue weighted by Gasteiger charge is 2.25. The molecule has 1 aliphatic heterocycles. The van der Waals surface area contributed by atoms with Gasteiger partial charge in [0.2, 0.25) is 10.0 Å². The van der Waals surface area contributed by atoms with Gasteiger partial charge in [-0.25, -0.2) is 22.4 Å². The summed E-state index contributed by atoms with van der Waals surface area (Å²) < 4.78 is 35.7. The number of ether oxygens (including phenoxy) is 1. The Balaban J connectivity index is 1.37. The van der Waals surface area contributed by atoms with E-state index in [1.54, 1.807) is 25.2 Å². The van der Waals surface area contributed by atoms with E-state index in [4.69, 9.17) is 9.72 Å². The molecule has 1 fully saturated rings. The summed E-state index contributed by atoms with van der Waals surface area (Å²) in [6, 6.07) is 6.49. The summed E-state index contributed by atoms with van der Waals surface area (Å²) in [5.41, 5.74) is 4.98. The Kier molecular flexibility index (Phi) is 9.63. The number of fused-ring (bicyclic) bond motifs is 1. The molecule has 43 heavy (non-hydrogen) atoms. The molecule has 1 unspecified atom stereocenters. The van der Waals surface area contributed by atoms with Gasteiger partial charge in [0.1, 0.15) is 0 Å². The Bertz CT molecular complexity index is 1640. The van der Waals surface area contributed by atoms with Gasteiger partial charge in [-0.2, -0.15) is 5.10 Å². The van der Waals surface area contributed by atoms with Gasteiger partial charge in [0.15, 0.2) is 5.65 Å². The monoisotopic (exact) mass is 606 g/mol. The van der Waals surface area contributed by atoms with Gasteiger partial charge in [-0.3, -0.25) is 4.79 Å². The van der Waals surface area contributed by atoms with Gasteiger partial charge in [0, 0.05) is 62.8 Å². The van der Waals surface area contributed by atoms with Gasteiger partial charge in [-0.05, 0) is 63.6 Å². The van der Waals surface area contributed by atoms with Crippen LogP contribution < -0.4 is 10.6 Å². The van der Waals surface area contributed by atoms with Crippen LogP contribution in [0.3, 0.4) is 0 Å². The number of hydrogen-bond acceptors (Lipinski definition) is 7. The number of rotatable bonds is 11. The number of allylic oxidation sites excluding steroid dienone is 3. The molecule has 5 rings (SSSR count). The van der Waals surface area contributed by atoms with Gasteiger partial charge in [-0.1, -0.05) is 36.8 Å². The molecule has 3 heterocycles. The topological polar surface area (TPSA) is 118 Å². The number of carbonyl (C=O) groups excluding carboxylic acids is 1. The Morgan fingerprint density at radius 3 is 2.72 bits per heavy atom. The maximum Gasteiger partial charge on any atom is 0.251 e. The fourth-order valence-corrected chi connectivity index (χ4v) is 7.10. The Morgan fingerprint density at radius 1 is 1.21 bits per heavy atom. The molecule has 2 aliphatic rings. The highest BCUT2D eigenvalue weighted by Crippen LogP contribution is 2.31. The Hall–Kier alpha value is -3.54. The van der Waals surface area contributed by atoms with Gasteiger partial charge < -0.3 is 15.4 Å². The Labute approximate surface area is 254 Å². The van der Waals surface area contributed by atoms with Crippen LogP contribution >= 0.6 is 0 Å². The average Bonchev–Trinajstić information content (AvgIpc) is 3.43. The second-order valence-corrected chi connectivity index (χ2v) is 13.3. The van der Waals surface area contributed by atoms with Crippen molar-refractivity contribution in [2.45, 2.75) is 70.5 Å². The molecule has 10 nitrogen and oxygen atoms in total. The summed E-state index contributed by atoms with van der Waals surface area (Å²) in [7, 11) is -2.19. The molecule has 0 bridgehead atoms. The zero-order valence-electron chi connectivity index (χ0n) is 25.5. The van der Waals surface area contributed by atoms with Crippen molar-refractivity contribution < 1.29 is 17.9 Å². The first kappa shape index (κ1) is 30.9. The average molecular weight is 607 g/mol. The number of nitrogens with zero attached hydrogens (tertiary/aromatic N) is 4. The SMILES string of the molecule is CCc1nc2c(cnn2CC)c(NC2CCOCC2)c1CNC(=O)c1cccc(S(=O)(=O)N(C)CC2C=C(C)C=CC2)c1. The fourth-order valence-electron chi connectivity index (χ4n) is 5.83. The van der Waals surface area contributed by atoms with Crippen molar-refractivity contribution in [3.8, 4) is 0 Å². The molecule has 1 saturated heterocycles. The third kappa shape index (κ3) is 6.84. The van der Waals surface area contributed by atoms with Crippen molar-refractivity contribution in [2.24, 2.45) is 5.92 Å². The van der Waals surface area contributed by atoms with Crippen LogP contribution in [0.4, 0.5) is 5.69 Å². The van der Waals surface area contributed by atoms with Gasteiger partial charge >= 0.3 is 0 Å². The lowest BCUT2D eigenvalue weighted by atomic mass is 9.97. The van der Waals surface area contributed by atoms with E-state index in [-0.39, 0.29) is 34.9 Å². The molecule has 1 aromatic carbocycles. The zero-order chi connectivity index (χ0) is 30.6. The minimum Gasteiger partial charge on any atom is -0.381 e. The number of aromatic nitrogens is 3. The minimum absolute atomic E-state index is 0.0980. The van der Waals surface area contributed by atoms with Crippen LogP contribution in [0.1, 0.15) is 61.6 Å². The van der Waals surface area contributed by atoms with Crippen LogP contribution in [0.15, 0.2) is 59.2 Å². The number of benzene rings is 1. The molecule has 11 heteroatoms. The normalized spacial score (nSPS) is 17.8. The van der Waals surface area contributed by atoms with E-state index < -0.39 is 10.0 Å². The van der Waals surface area contributed by atoms with Crippen LogP contribution in [0.2, 0.25) is 0 Å². The van der Waals surface area contributed by atoms with E-state index in [0.29, 0.717) is 32.7 Å². The molecule has 0 radical (unpaired) electrons. The van der Waals surface area contributed by atoms with E-state index in [0.717, 1.165) is 52.8 Å². The fraction of sp³-hybridized carbons (Fsp3) is 0.469. The van der Waals surface area contributed by atoms with Crippen LogP contribution in [0.5, 0.6) is 0 Å². The highest BCUT2D eigenvalue weighted by molar-refractivity contribution is 7.89. The Morgan fingerprint density at radius 2 is 2.00 bits per heavy atom. The van der Waals surface area contributed by atoms with Crippen LogP contribution in [0.25, 0.3) is 11.0 Å². The van der Waals surface area contributed by atoms with Crippen molar-refractivity contribution in [1.82, 2.24) is 24.4 Å². The first-order valence-corrected chi connectivity index (χ1v) is 16.6. The van der Waals surface area contributed by atoms with E-state index in [1.807, 2.05) is 30.8 Å². The third-order valence-corrected chi connectivity index (χ3v) is 10.0. The summed E-state index contributed by atoms with van der Waals surface area (Å²) in [6.45, 7) is 8.82. The molecule has 2 N–H and O–H groups in total. The van der Waals surface area contributed by atoms with Gasteiger partial charge in [0.25, 0.3) is 5.91 Å². The first-order valence-electron chi connectivity index (χ1n) is 15.1. The van der Waals surface area contributed by atoms with E-state index in [9.17, 15) is 13.2 Å². The maximum absolute atomic E-state index is 13.4. The molecule has 1 amide bonds. The summed E-state index contributed by atoms with van der Waals surface area (Å²) >= 11 is 0. The van der Waals surface area contributed by atoms with Crippen molar-refractivity contribution in [2.75, 3.05) is 32.1 Å². The number of pyridine rings is 1. The number of carbonyl (C=O) groups is 1. The summed E-state index contributed by atoms with van der Waals surface area (Å²) in [5, 5.41) is 12.2. The number of nitrogens with one attached hydrogen (secondary N) is 2. The van der Waals surface area contributed by atoms with Gasteiger partial charge in [0.05, 0.1) is 22.2 Å². The molecule has 0 spiro atoms. The number of amides is 1. The lowest BCUT2D eigenvalue weighted by molar-refractivity contribution is 0.0904. The number of aryl methyl sites for hydroxylation is 2. The molecular weight excluding hydrogens is 564 g/mol. The van der Waals surface area contributed by atoms with Crippen molar-refractivity contribution in [3.05, 3.63) is 71.1 Å². The lowest BCUT2D eigenvalue weighted by Crippen LogP contribution is -2.32. The zero-order valence-corrected chi connectivity index (χ0v) is 26.3. The first-order chi connectivity index (χ1) is 20.7. The second kappa shape index (κ2) is 13.4. The van der Waals surface area contributed by atoms with Crippen molar-refractivity contribution in [1.29, 1.82) is 0 Å². The molecule has 2 aromatic heterocycles. The third-order valence-electron chi connectivity index (χ3n) is 8.22. The second-order valence-electron chi connectivity index (χ2n) is 11.3. The van der Waals surface area contributed by atoms with E-state index in [2.05, 4.69) is 34.8 Å². The number of sulfonamides is 1. The molecule has 0 saturated carbocycles. The quantitative estimate of drug-likeness (QED) is 0.326. The van der Waals surface area contributed by atoms with Crippen LogP contribution in [0, 0.1) is 5.92 Å². The summed E-state index contributed by atoms with van der Waals surface area (Å²) in [5.74, 6) is -0.234. The number of anilines is 1. The van der Waals surface area contributed by atoms with Crippen LogP contribution in [-0.4, -0.2) is 66.2 Å². The molecule has 230 valence electrons. The molecular formula is C32H42N6O4S. The van der Waals surface area contributed by atoms with Crippen molar-refractivity contribution in [3.63, 3.8) is 0 Å². The summed E-state index contributed by atoms with van der Waals surface area (Å²) in [4.78, 5) is 18.5. The van der Waals surface area contributed by atoms with E-state index >= 15 is 0 Å². The standard InChI is InChI=1S/C32H42N6O4S/c1-5-29-27(30(35-25-13-15-42-16-14-25)28-20-34-38(6-2)31(28)36-29)19-33-32(39)24-11-8-12-26(18-24)43(40,41)37(4)21-23-10-7-9-22(3)17-23/h7-9,11-12,17-18,20,23,25H,5-6,10,13-16,19,21H2,1-4H3,(H,33,39)(H,35,36). The minimum atomic E-state index is -3.78. The summed E-state index contributed by atoms with van der Waals surface area (Å²) in [6.07, 6.45) is 11.3. The lowest BCUT2D eigenvalue weighted by Gasteiger charge is -2.26. The predicted octanol–water partition coefficient (Wildman–Crippen LogP) is 4.68. The molecule has 3 aromatic rings. The van der Waals surface area contributed by atoms with Gasteiger partial charge in [-0.15, -0.1) is 0 Å². The molecule has 1 atom stereocenters. The van der Waals surface area contributed by atoms with Crippen molar-refractivity contribution >= 4 is 32.7 Å². The maximum atomic E-state index is 13.4. The van der Waals surface area contributed by atoms with Crippen LogP contribution in [-0.2, 0) is 34.3 Å². The molecule has 1 aliphatic carbocycles.